The number of amides is 2. The molecule has 0 bridgehead atoms. The predicted molar refractivity (Wildman–Crippen MR) is 111 cm³/mol. The van der Waals surface area contributed by atoms with Gasteiger partial charge in [0.15, 0.2) is 5.82 Å². The standard InChI is InChI=1S/C22H25N5O2/c1-14(2)22(29)27-9-3-4-17(13-27)18-8-5-15(12-23-18)10-21(28)24-20-11-19(25-26-20)16-6-7-16/h4-5,8,11-12,16H,1,3,6-7,9-10,13H2,2H3,(H2,24,25,26,28). The van der Waals surface area contributed by atoms with Crippen molar-refractivity contribution in [2.75, 3.05) is 18.4 Å². The second-order valence-electron chi connectivity index (χ2n) is 7.78. The van der Waals surface area contributed by atoms with Crippen molar-refractivity contribution in [1.29, 1.82) is 0 Å². The first kappa shape index (κ1) is 19.1. The van der Waals surface area contributed by atoms with E-state index in [-0.39, 0.29) is 18.2 Å². The van der Waals surface area contributed by atoms with Crippen LogP contribution in [0.4, 0.5) is 5.82 Å². The van der Waals surface area contributed by atoms with Crippen molar-refractivity contribution in [3.8, 4) is 0 Å². The van der Waals surface area contributed by atoms with Crippen LogP contribution in [0.3, 0.4) is 0 Å². The van der Waals surface area contributed by atoms with Gasteiger partial charge in [-0.1, -0.05) is 18.7 Å². The third-order valence-electron chi connectivity index (χ3n) is 5.20. The highest BCUT2D eigenvalue weighted by Gasteiger charge is 2.25. The highest BCUT2D eigenvalue weighted by molar-refractivity contribution is 5.93. The predicted octanol–water partition coefficient (Wildman–Crippen LogP) is 3.06. The Hall–Kier alpha value is -3.22. The Morgan fingerprint density at radius 1 is 1.34 bits per heavy atom. The van der Waals surface area contributed by atoms with Crippen molar-refractivity contribution >= 4 is 23.2 Å². The molecule has 0 unspecified atom stereocenters. The molecule has 2 amide bonds. The zero-order valence-corrected chi connectivity index (χ0v) is 16.6. The number of aromatic nitrogens is 3. The number of carbonyl (C=O) groups excluding carboxylic acids is 2. The van der Waals surface area contributed by atoms with Crippen LogP contribution in [0.2, 0.25) is 0 Å². The average molecular weight is 391 g/mol. The molecule has 7 heteroatoms. The van der Waals surface area contributed by atoms with Crippen LogP contribution in [0, 0.1) is 0 Å². The number of rotatable bonds is 6. The van der Waals surface area contributed by atoms with Crippen LogP contribution in [0.15, 0.2) is 42.6 Å². The van der Waals surface area contributed by atoms with E-state index >= 15 is 0 Å². The van der Waals surface area contributed by atoms with E-state index in [1.807, 2.05) is 18.2 Å². The maximum atomic E-state index is 12.3. The van der Waals surface area contributed by atoms with E-state index in [1.165, 1.54) is 12.8 Å². The molecule has 7 nitrogen and oxygen atoms in total. The third-order valence-corrected chi connectivity index (χ3v) is 5.20. The fourth-order valence-electron chi connectivity index (χ4n) is 3.47. The first-order valence-electron chi connectivity index (χ1n) is 9.94. The molecule has 1 fully saturated rings. The zero-order valence-electron chi connectivity index (χ0n) is 16.6. The first-order chi connectivity index (χ1) is 14.0. The lowest BCUT2D eigenvalue weighted by molar-refractivity contribution is -0.126. The molecule has 1 aliphatic carbocycles. The van der Waals surface area contributed by atoms with Gasteiger partial charge in [-0.05, 0) is 43.4 Å². The summed E-state index contributed by atoms with van der Waals surface area (Å²) in [5.74, 6) is 0.993. The molecular weight excluding hydrogens is 366 g/mol. The lowest BCUT2D eigenvalue weighted by Crippen LogP contribution is -2.35. The highest BCUT2D eigenvalue weighted by atomic mass is 16.2. The van der Waals surface area contributed by atoms with Gasteiger partial charge < -0.3 is 10.2 Å². The van der Waals surface area contributed by atoms with Crippen LogP contribution in [0.1, 0.15) is 49.1 Å². The van der Waals surface area contributed by atoms with Crippen molar-refractivity contribution in [2.24, 2.45) is 0 Å². The van der Waals surface area contributed by atoms with Crippen LogP contribution >= 0.6 is 0 Å². The van der Waals surface area contributed by atoms with Crippen molar-refractivity contribution in [3.63, 3.8) is 0 Å². The van der Waals surface area contributed by atoms with Gasteiger partial charge in [0, 0.05) is 42.5 Å². The van der Waals surface area contributed by atoms with Gasteiger partial charge >= 0.3 is 0 Å². The molecule has 1 saturated carbocycles. The minimum Gasteiger partial charge on any atom is -0.334 e. The second-order valence-corrected chi connectivity index (χ2v) is 7.78. The van der Waals surface area contributed by atoms with E-state index in [4.69, 9.17) is 0 Å². The minimum absolute atomic E-state index is 0.0212. The normalized spacial score (nSPS) is 16.3. The summed E-state index contributed by atoms with van der Waals surface area (Å²) in [5, 5.41) is 9.96. The van der Waals surface area contributed by atoms with Gasteiger partial charge in [0.25, 0.3) is 0 Å². The highest BCUT2D eigenvalue weighted by Crippen LogP contribution is 2.39. The van der Waals surface area contributed by atoms with Crippen molar-refractivity contribution < 1.29 is 9.59 Å². The smallest absolute Gasteiger partial charge is 0.249 e. The molecule has 0 atom stereocenters. The van der Waals surface area contributed by atoms with Crippen LogP contribution in [-0.2, 0) is 16.0 Å². The number of nitrogens with zero attached hydrogens (tertiary/aromatic N) is 3. The molecule has 4 rings (SSSR count). The van der Waals surface area contributed by atoms with Crippen molar-refractivity contribution in [3.05, 3.63) is 59.6 Å². The van der Waals surface area contributed by atoms with Crippen LogP contribution in [0.5, 0.6) is 0 Å². The number of aromatic amines is 1. The Balaban J connectivity index is 1.34. The fraction of sp³-hybridized carbons (Fsp3) is 0.364. The number of pyridine rings is 1. The number of hydrogen-bond acceptors (Lipinski definition) is 4. The minimum atomic E-state index is -0.122. The number of anilines is 1. The van der Waals surface area contributed by atoms with E-state index in [0.29, 0.717) is 30.4 Å². The van der Waals surface area contributed by atoms with Gasteiger partial charge in [0.05, 0.1) is 12.1 Å². The summed E-state index contributed by atoms with van der Waals surface area (Å²) in [7, 11) is 0. The van der Waals surface area contributed by atoms with Gasteiger partial charge in [0.1, 0.15) is 0 Å². The summed E-state index contributed by atoms with van der Waals surface area (Å²) >= 11 is 0. The largest absolute Gasteiger partial charge is 0.334 e. The molecule has 2 aromatic rings. The summed E-state index contributed by atoms with van der Waals surface area (Å²) in [6, 6.07) is 5.72. The van der Waals surface area contributed by atoms with Gasteiger partial charge in [-0.15, -0.1) is 0 Å². The maximum Gasteiger partial charge on any atom is 0.249 e. The van der Waals surface area contributed by atoms with E-state index in [1.54, 1.807) is 18.0 Å². The Morgan fingerprint density at radius 2 is 2.17 bits per heavy atom. The van der Waals surface area contributed by atoms with Crippen LogP contribution in [-0.4, -0.2) is 45.0 Å². The number of H-pyrrole nitrogens is 1. The molecule has 2 aliphatic rings. The first-order valence-corrected chi connectivity index (χ1v) is 9.94. The molecule has 2 N–H and O–H groups in total. The fourth-order valence-corrected chi connectivity index (χ4v) is 3.47. The molecule has 0 saturated heterocycles. The summed E-state index contributed by atoms with van der Waals surface area (Å²) < 4.78 is 0. The zero-order chi connectivity index (χ0) is 20.4. The van der Waals surface area contributed by atoms with Gasteiger partial charge in [-0.25, -0.2) is 0 Å². The summed E-state index contributed by atoms with van der Waals surface area (Å²) in [5.41, 5.74) is 4.31. The number of hydrogen-bond donors (Lipinski definition) is 2. The molecule has 150 valence electrons. The van der Waals surface area contributed by atoms with Crippen LogP contribution in [0.25, 0.3) is 5.57 Å². The number of carbonyl (C=O) groups is 2. The Kier molecular flexibility index (Phi) is 5.29. The van der Waals surface area contributed by atoms with Gasteiger partial charge in [0.2, 0.25) is 11.8 Å². The number of nitrogens with one attached hydrogen (secondary N) is 2. The lowest BCUT2D eigenvalue weighted by Gasteiger charge is -2.27. The monoisotopic (exact) mass is 391 g/mol. The Labute approximate surface area is 169 Å². The molecule has 3 heterocycles. The molecule has 1 aliphatic heterocycles. The van der Waals surface area contributed by atoms with Gasteiger partial charge in [-0.2, -0.15) is 5.10 Å². The van der Waals surface area contributed by atoms with E-state index in [9.17, 15) is 9.59 Å². The average Bonchev–Trinajstić information content (AvgIpc) is 3.47. The molecule has 2 aromatic heterocycles. The second kappa shape index (κ2) is 8.03. The molecule has 0 spiro atoms. The van der Waals surface area contributed by atoms with E-state index in [0.717, 1.165) is 28.9 Å². The molecule has 0 aromatic carbocycles. The summed E-state index contributed by atoms with van der Waals surface area (Å²) in [4.78, 5) is 30.8. The van der Waals surface area contributed by atoms with Crippen LogP contribution < -0.4 is 5.32 Å². The van der Waals surface area contributed by atoms with E-state index in [2.05, 4.69) is 33.2 Å². The lowest BCUT2D eigenvalue weighted by atomic mass is 10.0. The topological polar surface area (TPSA) is 91.0 Å². The molecule has 29 heavy (non-hydrogen) atoms. The maximum absolute atomic E-state index is 12.3. The quantitative estimate of drug-likeness (QED) is 0.741. The summed E-state index contributed by atoms with van der Waals surface area (Å²) in [6.45, 7) is 6.70. The van der Waals surface area contributed by atoms with Crippen molar-refractivity contribution in [2.45, 2.75) is 38.5 Å². The summed E-state index contributed by atoms with van der Waals surface area (Å²) in [6.07, 6.45) is 7.23. The van der Waals surface area contributed by atoms with E-state index < -0.39 is 0 Å². The molecular formula is C22H25N5O2. The third kappa shape index (κ3) is 4.62. The van der Waals surface area contributed by atoms with Crippen molar-refractivity contribution in [1.82, 2.24) is 20.1 Å². The Bertz CT molecular complexity index is 969. The van der Waals surface area contributed by atoms with Gasteiger partial charge in [-0.3, -0.25) is 19.7 Å². The molecule has 0 radical (unpaired) electrons. The SMILES string of the molecule is C=C(C)C(=O)N1CCC=C(c2ccc(CC(=O)Nc3cc(C4CC4)[nH]n3)cn2)C1. The Morgan fingerprint density at radius 3 is 2.86 bits per heavy atom.